The van der Waals surface area contributed by atoms with Crippen molar-refractivity contribution < 1.29 is 14.6 Å². The van der Waals surface area contributed by atoms with Crippen molar-refractivity contribution in [1.29, 1.82) is 0 Å². The number of rotatable bonds is 3. The van der Waals surface area contributed by atoms with Crippen molar-refractivity contribution in [3.8, 4) is 11.5 Å². The zero-order valence-electron chi connectivity index (χ0n) is 15.4. The average molecular weight is 338 g/mol. The summed E-state index contributed by atoms with van der Waals surface area (Å²) in [7, 11) is -1.37. The Bertz CT molecular complexity index is 503. The van der Waals surface area contributed by atoms with Crippen LogP contribution in [0.4, 0.5) is 4.79 Å². The minimum absolute atomic E-state index is 0.379. The number of carbonyl (C=O) groups is 1. The average Bonchev–Trinajstić information content (AvgIpc) is 2.40. The van der Waals surface area contributed by atoms with E-state index in [4.69, 9.17) is 4.74 Å². The Kier molecular flexibility index (Phi) is 6.91. The number of nitrogens with zero attached hydrogens (tertiary/aromatic N) is 1. The predicted octanol–water partition coefficient (Wildman–Crippen LogP) is 3.92. The van der Waals surface area contributed by atoms with Gasteiger partial charge in [0.2, 0.25) is 0 Å². The quantitative estimate of drug-likeness (QED) is 0.627. The summed E-state index contributed by atoms with van der Waals surface area (Å²) < 4.78 is 5.44. The van der Waals surface area contributed by atoms with Gasteiger partial charge < -0.3 is 9.84 Å². The molecule has 130 valence electrons. The summed E-state index contributed by atoms with van der Waals surface area (Å²) in [6.07, 6.45) is 3.86. The highest BCUT2D eigenvalue weighted by Crippen LogP contribution is 2.23. The van der Waals surface area contributed by atoms with Gasteiger partial charge in [0.05, 0.1) is 6.10 Å². The Morgan fingerprint density at radius 3 is 2.65 bits per heavy atom. The van der Waals surface area contributed by atoms with Gasteiger partial charge in [0.1, 0.15) is 13.7 Å². The number of aliphatic hydroxyl groups excluding tert-OH is 1. The van der Waals surface area contributed by atoms with Crippen molar-refractivity contribution in [1.82, 2.24) is 4.90 Å². The SMILES string of the molecule is CC(C)(C)OC(=O)N1CCCC=C1C(O)CCC#C[Si](C)(C)C. The van der Waals surface area contributed by atoms with Crippen LogP contribution in [-0.4, -0.2) is 42.4 Å². The first-order valence-electron chi connectivity index (χ1n) is 8.38. The molecule has 1 rings (SSSR count). The summed E-state index contributed by atoms with van der Waals surface area (Å²) in [4.78, 5) is 13.9. The van der Waals surface area contributed by atoms with E-state index < -0.39 is 19.8 Å². The van der Waals surface area contributed by atoms with E-state index in [0.29, 0.717) is 25.1 Å². The van der Waals surface area contributed by atoms with Crippen molar-refractivity contribution in [3.05, 3.63) is 11.8 Å². The van der Waals surface area contributed by atoms with Crippen LogP contribution in [0.5, 0.6) is 0 Å². The predicted molar refractivity (Wildman–Crippen MR) is 96.6 cm³/mol. The standard InChI is InChI=1S/C18H31NO3Si/c1-18(2,3)22-17(21)19-13-9-7-11-15(19)16(20)12-8-10-14-23(4,5)6/h11,16,20H,7-9,12-13H2,1-6H3. The van der Waals surface area contributed by atoms with Gasteiger partial charge in [-0.05, 0) is 40.0 Å². The Morgan fingerprint density at radius 1 is 1.43 bits per heavy atom. The van der Waals surface area contributed by atoms with E-state index in [1.54, 1.807) is 4.90 Å². The third-order valence-corrected chi connectivity index (χ3v) is 4.14. The van der Waals surface area contributed by atoms with Gasteiger partial charge in [-0.2, -0.15) is 0 Å². The van der Waals surface area contributed by atoms with E-state index in [1.165, 1.54) is 0 Å². The van der Waals surface area contributed by atoms with Crippen molar-refractivity contribution >= 4 is 14.2 Å². The van der Waals surface area contributed by atoms with Crippen LogP contribution in [0.3, 0.4) is 0 Å². The number of aliphatic hydroxyl groups is 1. The lowest BCUT2D eigenvalue weighted by Gasteiger charge is -2.33. The molecule has 4 nitrogen and oxygen atoms in total. The fourth-order valence-electron chi connectivity index (χ4n) is 2.25. The first-order chi connectivity index (χ1) is 10.5. The minimum Gasteiger partial charge on any atom is -0.443 e. The van der Waals surface area contributed by atoms with E-state index in [2.05, 4.69) is 31.1 Å². The molecule has 0 aliphatic carbocycles. The van der Waals surface area contributed by atoms with Crippen molar-refractivity contribution in [2.24, 2.45) is 0 Å². The molecule has 23 heavy (non-hydrogen) atoms. The molecule has 0 radical (unpaired) electrons. The van der Waals surface area contributed by atoms with Crippen LogP contribution >= 0.6 is 0 Å². The molecule has 1 N–H and O–H groups in total. The summed E-state index contributed by atoms with van der Waals surface area (Å²) >= 11 is 0. The lowest BCUT2D eigenvalue weighted by molar-refractivity contribution is 0.0239. The van der Waals surface area contributed by atoms with Crippen LogP contribution < -0.4 is 0 Å². The zero-order chi connectivity index (χ0) is 17.7. The number of hydrogen-bond acceptors (Lipinski definition) is 3. The third-order valence-electron chi connectivity index (χ3n) is 3.21. The topological polar surface area (TPSA) is 49.8 Å². The molecule has 1 amide bonds. The van der Waals surface area contributed by atoms with E-state index in [9.17, 15) is 9.90 Å². The maximum Gasteiger partial charge on any atom is 0.414 e. The van der Waals surface area contributed by atoms with Gasteiger partial charge in [0, 0.05) is 18.7 Å². The summed E-state index contributed by atoms with van der Waals surface area (Å²) in [6.45, 7) is 12.7. The van der Waals surface area contributed by atoms with Crippen LogP contribution in [-0.2, 0) is 4.74 Å². The monoisotopic (exact) mass is 337 g/mol. The first kappa shape index (κ1) is 19.8. The highest BCUT2D eigenvalue weighted by atomic mass is 28.3. The Balaban J connectivity index is 2.68. The zero-order valence-corrected chi connectivity index (χ0v) is 16.4. The molecule has 0 saturated heterocycles. The molecule has 0 spiro atoms. The van der Waals surface area contributed by atoms with Crippen LogP contribution in [0.1, 0.15) is 46.5 Å². The molecule has 1 atom stereocenters. The molecule has 0 aromatic rings. The molecule has 0 aromatic heterocycles. The van der Waals surface area contributed by atoms with E-state index in [0.717, 1.165) is 12.8 Å². The normalized spacial score (nSPS) is 17.0. The van der Waals surface area contributed by atoms with Gasteiger partial charge in [-0.3, -0.25) is 4.90 Å². The smallest absolute Gasteiger partial charge is 0.414 e. The van der Waals surface area contributed by atoms with Crippen molar-refractivity contribution in [3.63, 3.8) is 0 Å². The second-order valence-corrected chi connectivity index (χ2v) is 12.8. The Labute approximate surface area is 141 Å². The Morgan fingerprint density at radius 2 is 2.09 bits per heavy atom. The molecule has 0 bridgehead atoms. The largest absolute Gasteiger partial charge is 0.443 e. The van der Waals surface area contributed by atoms with E-state index in [1.807, 2.05) is 26.8 Å². The summed E-state index contributed by atoms with van der Waals surface area (Å²) in [6, 6.07) is 0. The van der Waals surface area contributed by atoms with Crippen LogP contribution in [0.15, 0.2) is 11.8 Å². The molecular formula is C18H31NO3Si. The maximum absolute atomic E-state index is 12.3. The van der Waals surface area contributed by atoms with Crippen LogP contribution in [0, 0.1) is 11.5 Å². The highest BCUT2D eigenvalue weighted by Gasteiger charge is 2.29. The lowest BCUT2D eigenvalue weighted by atomic mass is 10.0. The summed E-state index contributed by atoms with van der Waals surface area (Å²) in [5, 5.41) is 10.4. The van der Waals surface area contributed by atoms with Crippen molar-refractivity contribution in [2.75, 3.05) is 6.54 Å². The number of ether oxygens (including phenoxy) is 1. The second kappa shape index (κ2) is 8.03. The molecule has 5 heteroatoms. The maximum atomic E-state index is 12.3. The van der Waals surface area contributed by atoms with Gasteiger partial charge in [0.15, 0.2) is 0 Å². The Hall–Kier alpha value is -1.25. The second-order valence-electron chi connectivity index (χ2n) is 8.01. The van der Waals surface area contributed by atoms with Gasteiger partial charge >= 0.3 is 6.09 Å². The fourth-order valence-corrected chi connectivity index (χ4v) is 2.91. The molecule has 1 heterocycles. The van der Waals surface area contributed by atoms with Gasteiger partial charge in [-0.25, -0.2) is 4.79 Å². The molecule has 0 aromatic carbocycles. The van der Waals surface area contributed by atoms with Crippen molar-refractivity contribution in [2.45, 2.75) is 77.8 Å². The summed E-state index contributed by atoms with van der Waals surface area (Å²) in [5.41, 5.74) is 3.43. The fraction of sp³-hybridized carbons (Fsp3) is 0.722. The van der Waals surface area contributed by atoms with E-state index >= 15 is 0 Å². The third kappa shape index (κ3) is 7.71. The summed E-state index contributed by atoms with van der Waals surface area (Å²) in [5.74, 6) is 3.17. The molecule has 0 saturated carbocycles. The number of allylic oxidation sites excluding steroid dienone is 1. The first-order valence-corrected chi connectivity index (χ1v) is 11.9. The molecule has 1 aliphatic heterocycles. The number of carbonyl (C=O) groups excluding carboxylic acids is 1. The molecule has 0 fully saturated rings. The lowest BCUT2D eigenvalue weighted by Crippen LogP contribution is -2.41. The number of amides is 1. The van der Waals surface area contributed by atoms with Gasteiger partial charge in [-0.15, -0.1) is 11.5 Å². The van der Waals surface area contributed by atoms with Gasteiger partial charge in [-0.1, -0.05) is 25.7 Å². The van der Waals surface area contributed by atoms with Gasteiger partial charge in [0.25, 0.3) is 0 Å². The van der Waals surface area contributed by atoms with Crippen LogP contribution in [0.25, 0.3) is 0 Å². The highest BCUT2D eigenvalue weighted by molar-refractivity contribution is 6.83. The number of hydrogen-bond donors (Lipinski definition) is 1. The van der Waals surface area contributed by atoms with Crippen LogP contribution in [0.2, 0.25) is 19.6 Å². The molecular weight excluding hydrogens is 306 g/mol. The molecule has 1 unspecified atom stereocenters. The minimum atomic E-state index is -1.37. The molecule has 1 aliphatic rings. The van der Waals surface area contributed by atoms with E-state index in [-0.39, 0.29) is 6.09 Å².